The maximum atomic E-state index is 13.6. The Bertz CT molecular complexity index is 1330. The highest BCUT2D eigenvalue weighted by Gasteiger charge is 2.32. The smallest absolute Gasteiger partial charge is 0.258 e. The molecule has 1 unspecified atom stereocenters. The van der Waals surface area contributed by atoms with Crippen molar-refractivity contribution in [1.29, 1.82) is 0 Å². The van der Waals surface area contributed by atoms with Crippen LogP contribution in [0.25, 0.3) is 10.8 Å². The Morgan fingerprint density at radius 1 is 1.03 bits per heavy atom. The summed E-state index contributed by atoms with van der Waals surface area (Å²) >= 11 is 6.41. The van der Waals surface area contributed by atoms with Crippen LogP contribution in [-0.4, -0.2) is 40.7 Å². The van der Waals surface area contributed by atoms with Crippen LogP contribution in [0.3, 0.4) is 0 Å². The summed E-state index contributed by atoms with van der Waals surface area (Å²) in [5, 5.41) is 5.57. The summed E-state index contributed by atoms with van der Waals surface area (Å²) < 4.78 is 0. The van der Waals surface area contributed by atoms with Crippen molar-refractivity contribution in [2.75, 3.05) is 11.4 Å². The van der Waals surface area contributed by atoms with Crippen LogP contribution in [0.2, 0.25) is 5.02 Å². The maximum absolute atomic E-state index is 13.6. The molecule has 1 N–H and O–H groups in total. The first-order valence-electron chi connectivity index (χ1n) is 12.8. The molecule has 0 radical (unpaired) electrons. The molecule has 0 saturated heterocycles. The van der Waals surface area contributed by atoms with E-state index >= 15 is 0 Å². The summed E-state index contributed by atoms with van der Waals surface area (Å²) in [6.45, 7) is 8.32. The van der Waals surface area contributed by atoms with E-state index in [0.29, 0.717) is 30.0 Å². The fraction of sp³-hybridized carbons (Fsp3) is 0.367. The van der Waals surface area contributed by atoms with E-state index in [-0.39, 0.29) is 30.7 Å². The summed E-state index contributed by atoms with van der Waals surface area (Å²) in [5.74, 6) is -0.367. The summed E-state index contributed by atoms with van der Waals surface area (Å²) in [5.41, 5.74) is 1.95. The Labute approximate surface area is 223 Å². The lowest BCUT2D eigenvalue weighted by atomic mass is 10.0. The minimum atomic E-state index is -0.630. The first kappa shape index (κ1) is 26.7. The summed E-state index contributed by atoms with van der Waals surface area (Å²) in [4.78, 5) is 43.3. The third-order valence-electron chi connectivity index (χ3n) is 6.60. The van der Waals surface area contributed by atoms with Gasteiger partial charge in [-0.2, -0.15) is 0 Å². The van der Waals surface area contributed by atoms with E-state index in [1.807, 2.05) is 82.3 Å². The number of benzene rings is 3. The average Bonchev–Trinajstić information content (AvgIpc) is 3.12. The molecule has 0 spiro atoms. The number of carbonyl (C=O) groups excluding carboxylic acids is 3. The first-order chi connectivity index (χ1) is 17.6. The fourth-order valence-corrected chi connectivity index (χ4v) is 5.11. The number of nitrogens with zero attached hydrogens (tertiary/aromatic N) is 2. The molecule has 1 atom stereocenters. The Morgan fingerprint density at radius 3 is 2.41 bits per heavy atom. The molecule has 3 amide bonds. The number of amides is 3. The number of halogens is 1. The van der Waals surface area contributed by atoms with Crippen molar-refractivity contribution in [2.24, 2.45) is 0 Å². The van der Waals surface area contributed by atoms with Gasteiger partial charge in [0.25, 0.3) is 5.91 Å². The molecule has 0 fully saturated rings. The predicted molar refractivity (Wildman–Crippen MR) is 149 cm³/mol. The largest absolute Gasteiger partial charge is 0.350 e. The van der Waals surface area contributed by atoms with Crippen molar-refractivity contribution >= 4 is 45.8 Å². The highest BCUT2D eigenvalue weighted by Crippen LogP contribution is 2.37. The van der Waals surface area contributed by atoms with Gasteiger partial charge in [0.05, 0.1) is 5.69 Å². The topological polar surface area (TPSA) is 69.7 Å². The Balaban J connectivity index is 1.51. The third-order valence-corrected chi connectivity index (χ3v) is 6.97. The zero-order valence-electron chi connectivity index (χ0n) is 21.9. The van der Waals surface area contributed by atoms with Gasteiger partial charge in [0.1, 0.15) is 6.04 Å². The summed E-state index contributed by atoms with van der Waals surface area (Å²) in [7, 11) is 0. The molecular formula is C30H34ClN3O3. The van der Waals surface area contributed by atoms with E-state index in [2.05, 4.69) is 5.32 Å². The van der Waals surface area contributed by atoms with E-state index in [1.54, 1.807) is 15.9 Å². The average molecular weight is 520 g/mol. The SMILES string of the molecule is CCC(C(=O)NC(C)(C)C)N(Cc1ccccc1Cl)C(=O)CCCN1C(=O)c2cccc3cccc1c23. The molecule has 194 valence electrons. The van der Waals surface area contributed by atoms with Crippen molar-refractivity contribution in [2.45, 2.75) is 65.1 Å². The van der Waals surface area contributed by atoms with Gasteiger partial charge in [0.15, 0.2) is 0 Å². The zero-order valence-corrected chi connectivity index (χ0v) is 22.6. The van der Waals surface area contributed by atoms with Crippen molar-refractivity contribution in [3.8, 4) is 0 Å². The first-order valence-corrected chi connectivity index (χ1v) is 13.2. The minimum Gasteiger partial charge on any atom is -0.350 e. The van der Waals surface area contributed by atoms with Gasteiger partial charge in [-0.15, -0.1) is 0 Å². The third kappa shape index (κ3) is 5.80. The van der Waals surface area contributed by atoms with E-state index in [9.17, 15) is 14.4 Å². The molecule has 3 aromatic carbocycles. The molecule has 3 aromatic rings. The van der Waals surface area contributed by atoms with Crippen LogP contribution in [0.15, 0.2) is 60.7 Å². The minimum absolute atomic E-state index is 0.0387. The summed E-state index contributed by atoms with van der Waals surface area (Å²) in [6.07, 6.45) is 1.16. The van der Waals surface area contributed by atoms with Crippen molar-refractivity contribution < 1.29 is 14.4 Å². The molecular weight excluding hydrogens is 486 g/mol. The maximum Gasteiger partial charge on any atom is 0.258 e. The van der Waals surface area contributed by atoms with Crippen molar-refractivity contribution in [1.82, 2.24) is 10.2 Å². The highest BCUT2D eigenvalue weighted by molar-refractivity contribution is 6.31. The van der Waals surface area contributed by atoms with E-state index in [1.165, 1.54) is 0 Å². The van der Waals surface area contributed by atoms with Crippen LogP contribution in [0.1, 0.15) is 62.9 Å². The second-order valence-corrected chi connectivity index (χ2v) is 10.9. The number of carbonyl (C=O) groups is 3. The second kappa shape index (κ2) is 10.9. The van der Waals surface area contributed by atoms with Gasteiger partial charge in [-0.1, -0.05) is 61.0 Å². The lowest BCUT2D eigenvalue weighted by Gasteiger charge is -2.33. The number of nitrogens with one attached hydrogen (secondary N) is 1. The standard InChI is InChI=1S/C30H34ClN3O3/c1-5-24(28(36)32-30(2,3)4)34(19-21-11-6-7-15-23(21)31)26(35)17-10-18-33-25-16-9-13-20-12-8-14-22(27(20)25)29(33)37/h6-9,11-16,24H,5,10,17-19H2,1-4H3,(H,32,36). The molecule has 6 nitrogen and oxygen atoms in total. The molecule has 1 aliphatic rings. The number of rotatable bonds is 9. The fourth-order valence-electron chi connectivity index (χ4n) is 4.92. The second-order valence-electron chi connectivity index (χ2n) is 10.5. The molecule has 7 heteroatoms. The lowest BCUT2D eigenvalue weighted by molar-refractivity contribution is -0.142. The van der Waals surface area contributed by atoms with Crippen LogP contribution in [0.5, 0.6) is 0 Å². The van der Waals surface area contributed by atoms with Gasteiger partial charge < -0.3 is 15.1 Å². The van der Waals surface area contributed by atoms with Crippen LogP contribution in [0, 0.1) is 0 Å². The number of hydrogen-bond acceptors (Lipinski definition) is 3. The molecule has 37 heavy (non-hydrogen) atoms. The normalized spacial score (nSPS) is 13.6. The molecule has 0 saturated carbocycles. The molecule has 4 rings (SSSR count). The number of hydrogen-bond donors (Lipinski definition) is 1. The van der Waals surface area contributed by atoms with E-state index in [4.69, 9.17) is 11.6 Å². The van der Waals surface area contributed by atoms with Gasteiger partial charge in [-0.05, 0) is 62.8 Å². The summed E-state index contributed by atoms with van der Waals surface area (Å²) in [6, 6.07) is 18.4. The number of anilines is 1. The van der Waals surface area contributed by atoms with Gasteiger partial charge in [-0.25, -0.2) is 0 Å². The Kier molecular flexibility index (Phi) is 7.88. The van der Waals surface area contributed by atoms with E-state index in [0.717, 1.165) is 22.0 Å². The molecule has 1 aliphatic heterocycles. The molecule has 1 heterocycles. The van der Waals surface area contributed by atoms with Crippen LogP contribution in [-0.2, 0) is 16.1 Å². The quantitative estimate of drug-likeness (QED) is 0.379. The highest BCUT2D eigenvalue weighted by atomic mass is 35.5. The van der Waals surface area contributed by atoms with Crippen LogP contribution in [0.4, 0.5) is 5.69 Å². The van der Waals surface area contributed by atoms with E-state index < -0.39 is 11.6 Å². The molecule has 0 aliphatic carbocycles. The van der Waals surface area contributed by atoms with Gasteiger partial charge in [0, 0.05) is 41.0 Å². The van der Waals surface area contributed by atoms with Gasteiger partial charge in [0.2, 0.25) is 11.8 Å². The predicted octanol–water partition coefficient (Wildman–Crippen LogP) is 5.96. The van der Waals surface area contributed by atoms with Crippen LogP contribution >= 0.6 is 11.6 Å². The lowest BCUT2D eigenvalue weighted by Crippen LogP contribution is -2.53. The van der Waals surface area contributed by atoms with Crippen molar-refractivity contribution in [3.05, 3.63) is 76.8 Å². The van der Waals surface area contributed by atoms with Crippen LogP contribution < -0.4 is 10.2 Å². The molecule has 0 aromatic heterocycles. The Hall–Kier alpha value is -3.38. The van der Waals surface area contributed by atoms with Gasteiger partial charge in [-0.3, -0.25) is 14.4 Å². The van der Waals surface area contributed by atoms with Gasteiger partial charge >= 0.3 is 0 Å². The molecule has 0 bridgehead atoms. The van der Waals surface area contributed by atoms with Crippen molar-refractivity contribution in [3.63, 3.8) is 0 Å². The Morgan fingerprint density at radius 2 is 1.73 bits per heavy atom. The zero-order chi connectivity index (χ0) is 26.7. The monoisotopic (exact) mass is 519 g/mol.